The van der Waals surface area contributed by atoms with Gasteiger partial charge in [-0.3, -0.25) is 10.2 Å². The van der Waals surface area contributed by atoms with Crippen LogP contribution < -0.4 is 15.5 Å². The number of aromatic hydroxyl groups is 1. The van der Waals surface area contributed by atoms with Crippen LogP contribution in [0, 0.1) is 6.92 Å². The fourth-order valence-electron chi connectivity index (χ4n) is 2.81. The van der Waals surface area contributed by atoms with E-state index in [1.165, 1.54) is 0 Å². The fraction of sp³-hybridized carbons (Fsp3) is 0.238. The average molecular weight is 400 g/mol. The van der Waals surface area contributed by atoms with Gasteiger partial charge in [0, 0.05) is 30.5 Å². The van der Waals surface area contributed by atoms with Crippen molar-refractivity contribution in [2.45, 2.75) is 33.1 Å². The molecule has 0 aromatic heterocycles. The van der Waals surface area contributed by atoms with Gasteiger partial charge >= 0.3 is 0 Å². The van der Waals surface area contributed by atoms with Gasteiger partial charge in [0.2, 0.25) is 0 Å². The van der Waals surface area contributed by atoms with Crippen LogP contribution in [0.25, 0.3) is 0 Å². The molecule has 7 heteroatoms. The number of carbonyl (C=O) groups excluding carboxylic acids is 1. The monoisotopic (exact) mass is 399 g/mol. The van der Waals surface area contributed by atoms with E-state index in [4.69, 9.17) is 16.3 Å². The number of halogens is 1. The van der Waals surface area contributed by atoms with Gasteiger partial charge in [-0.2, -0.15) is 5.10 Å². The smallest absolute Gasteiger partial charge is 0.253 e. The molecule has 1 heterocycles. The molecule has 1 aliphatic heterocycles. The summed E-state index contributed by atoms with van der Waals surface area (Å²) in [5.41, 5.74) is 5.47. The summed E-state index contributed by atoms with van der Waals surface area (Å²) in [6.07, 6.45) is 5.26. The Balaban J connectivity index is 1.90. The van der Waals surface area contributed by atoms with E-state index in [9.17, 15) is 9.90 Å². The van der Waals surface area contributed by atoms with Gasteiger partial charge in [-0.25, -0.2) is 0 Å². The SMILES string of the molecule is CCCc1cc(Cl)c(NC(=O)C2=CNN=CC2)cc1Oc1ccc(C)cc1O. The molecule has 2 aromatic carbocycles. The maximum Gasteiger partial charge on any atom is 0.253 e. The number of nitrogens with zero attached hydrogens (tertiary/aromatic N) is 1. The average Bonchev–Trinajstić information content (AvgIpc) is 2.68. The summed E-state index contributed by atoms with van der Waals surface area (Å²) in [5, 5.41) is 17.2. The predicted octanol–water partition coefficient (Wildman–Crippen LogP) is 4.90. The lowest BCUT2D eigenvalue weighted by Gasteiger charge is -2.16. The third-order valence-corrected chi connectivity index (χ3v) is 4.57. The van der Waals surface area contributed by atoms with Crippen molar-refractivity contribution in [1.29, 1.82) is 0 Å². The number of hydrogen-bond acceptors (Lipinski definition) is 5. The van der Waals surface area contributed by atoms with Gasteiger partial charge in [-0.15, -0.1) is 0 Å². The number of aryl methyl sites for hydroxylation is 2. The van der Waals surface area contributed by atoms with Gasteiger partial charge in [-0.05, 0) is 42.7 Å². The second-order valence-electron chi connectivity index (χ2n) is 6.53. The van der Waals surface area contributed by atoms with Crippen molar-refractivity contribution < 1.29 is 14.6 Å². The topological polar surface area (TPSA) is 83.0 Å². The minimum absolute atomic E-state index is 0.0562. The van der Waals surface area contributed by atoms with E-state index in [2.05, 4.69) is 22.8 Å². The Labute approximate surface area is 168 Å². The third-order valence-electron chi connectivity index (χ3n) is 4.26. The molecule has 0 saturated heterocycles. The number of hydrogen-bond donors (Lipinski definition) is 3. The van der Waals surface area contributed by atoms with Gasteiger partial charge in [0.1, 0.15) is 5.75 Å². The second-order valence-corrected chi connectivity index (χ2v) is 6.94. The van der Waals surface area contributed by atoms with Crippen molar-refractivity contribution in [1.82, 2.24) is 5.43 Å². The third kappa shape index (κ3) is 4.64. The molecule has 0 radical (unpaired) electrons. The first kappa shape index (κ1) is 19.8. The highest BCUT2D eigenvalue weighted by Crippen LogP contribution is 2.37. The van der Waals surface area contributed by atoms with E-state index in [1.807, 2.05) is 13.0 Å². The highest BCUT2D eigenvalue weighted by molar-refractivity contribution is 6.34. The molecule has 6 nitrogen and oxygen atoms in total. The summed E-state index contributed by atoms with van der Waals surface area (Å²) in [5.74, 6) is 0.671. The first-order valence-corrected chi connectivity index (χ1v) is 9.43. The summed E-state index contributed by atoms with van der Waals surface area (Å²) in [6.45, 7) is 3.95. The molecule has 1 aliphatic rings. The molecule has 2 aromatic rings. The number of rotatable bonds is 6. The molecular formula is C21H22ClN3O3. The number of carbonyl (C=O) groups is 1. The second kappa shape index (κ2) is 8.80. The minimum Gasteiger partial charge on any atom is -0.504 e. The summed E-state index contributed by atoms with van der Waals surface area (Å²) in [6, 6.07) is 8.69. The number of benzene rings is 2. The maximum atomic E-state index is 12.5. The molecular weight excluding hydrogens is 378 g/mol. The molecule has 0 saturated carbocycles. The molecule has 3 N–H and O–H groups in total. The Bertz CT molecular complexity index is 954. The van der Waals surface area contributed by atoms with Gasteiger partial charge in [-0.1, -0.05) is 31.0 Å². The molecule has 0 aliphatic carbocycles. The zero-order valence-electron chi connectivity index (χ0n) is 15.8. The van der Waals surface area contributed by atoms with E-state index >= 15 is 0 Å². The molecule has 0 fully saturated rings. The highest BCUT2D eigenvalue weighted by atomic mass is 35.5. The lowest BCUT2D eigenvalue weighted by Crippen LogP contribution is -2.19. The molecule has 0 bridgehead atoms. The summed E-state index contributed by atoms with van der Waals surface area (Å²) >= 11 is 6.39. The Kier molecular flexibility index (Phi) is 6.21. The Hall–Kier alpha value is -2.99. The molecule has 1 amide bonds. The Morgan fingerprint density at radius 3 is 2.82 bits per heavy atom. The Morgan fingerprint density at radius 2 is 2.14 bits per heavy atom. The summed E-state index contributed by atoms with van der Waals surface area (Å²) in [4.78, 5) is 12.5. The van der Waals surface area contributed by atoms with Crippen LogP contribution in [0.15, 0.2) is 47.2 Å². The van der Waals surface area contributed by atoms with Gasteiger partial charge in [0.25, 0.3) is 5.91 Å². The number of anilines is 1. The number of phenolic OH excluding ortho intramolecular Hbond substituents is 1. The van der Waals surface area contributed by atoms with Crippen LogP contribution in [0.2, 0.25) is 5.02 Å². The molecule has 0 unspecified atom stereocenters. The normalized spacial score (nSPS) is 12.9. The zero-order chi connectivity index (χ0) is 20.1. The van der Waals surface area contributed by atoms with Crippen LogP contribution >= 0.6 is 11.6 Å². The van der Waals surface area contributed by atoms with Crippen LogP contribution in [-0.4, -0.2) is 17.2 Å². The van der Waals surface area contributed by atoms with Crippen molar-refractivity contribution in [3.8, 4) is 17.2 Å². The van der Waals surface area contributed by atoms with Crippen LogP contribution in [0.4, 0.5) is 5.69 Å². The van der Waals surface area contributed by atoms with Gasteiger partial charge in [0.15, 0.2) is 11.5 Å². The number of nitrogens with one attached hydrogen (secondary N) is 2. The number of ether oxygens (including phenoxy) is 1. The van der Waals surface area contributed by atoms with Crippen LogP contribution in [0.1, 0.15) is 30.9 Å². The van der Waals surface area contributed by atoms with Crippen molar-refractivity contribution >= 4 is 29.4 Å². The van der Waals surface area contributed by atoms with E-state index in [-0.39, 0.29) is 11.7 Å². The first-order chi connectivity index (χ1) is 13.5. The van der Waals surface area contributed by atoms with Gasteiger partial charge < -0.3 is 15.2 Å². The fourth-order valence-corrected chi connectivity index (χ4v) is 3.05. The largest absolute Gasteiger partial charge is 0.504 e. The lowest BCUT2D eigenvalue weighted by atomic mass is 10.1. The molecule has 3 rings (SSSR count). The van der Waals surface area contributed by atoms with Crippen LogP contribution in [0.3, 0.4) is 0 Å². The first-order valence-electron chi connectivity index (χ1n) is 9.05. The molecule has 0 atom stereocenters. The number of phenols is 1. The van der Waals surface area contributed by atoms with Gasteiger partial charge in [0.05, 0.1) is 10.7 Å². The van der Waals surface area contributed by atoms with E-state index in [0.717, 1.165) is 24.0 Å². The van der Waals surface area contributed by atoms with Crippen molar-refractivity contribution in [2.75, 3.05) is 5.32 Å². The summed E-state index contributed by atoms with van der Waals surface area (Å²) < 4.78 is 5.96. The van der Waals surface area contributed by atoms with Crippen molar-refractivity contribution in [2.24, 2.45) is 5.10 Å². The highest BCUT2D eigenvalue weighted by Gasteiger charge is 2.16. The zero-order valence-corrected chi connectivity index (χ0v) is 16.5. The number of hydrazone groups is 1. The van der Waals surface area contributed by atoms with Crippen LogP contribution in [0.5, 0.6) is 17.2 Å². The molecule has 0 spiro atoms. The number of amides is 1. The van der Waals surface area contributed by atoms with Crippen LogP contribution in [-0.2, 0) is 11.2 Å². The quantitative estimate of drug-likeness (QED) is 0.645. The van der Waals surface area contributed by atoms with E-state index in [0.29, 0.717) is 34.2 Å². The Morgan fingerprint density at radius 1 is 1.32 bits per heavy atom. The van der Waals surface area contributed by atoms with E-state index < -0.39 is 0 Å². The standard InChI is InChI=1S/C21H22ClN3O3/c1-3-4-14-10-16(22)17(25-21(27)15-7-8-23-24-12-15)11-20(14)28-19-6-5-13(2)9-18(19)26/h5-6,8-12,24,26H,3-4,7H2,1-2H3,(H,25,27). The van der Waals surface area contributed by atoms with Crippen molar-refractivity contribution in [3.63, 3.8) is 0 Å². The maximum absolute atomic E-state index is 12.5. The summed E-state index contributed by atoms with van der Waals surface area (Å²) in [7, 11) is 0. The minimum atomic E-state index is -0.270. The predicted molar refractivity (Wildman–Crippen MR) is 111 cm³/mol. The van der Waals surface area contributed by atoms with Crippen molar-refractivity contribution in [3.05, 3.63) is 58.3 Å². The lowest BCUT2D eigenvalue weighted by molar-refractivity contribution is -0.112. The molecule has 28 heavy (non-hydrogen) atoms. The molecule has 146 valence electrons. The van der Waals surface area contributed by atoms with E-state index in [1.54, 1.807) is 36.7 Å².